The number of rotatable bonds is 5. The molecule has 0 fully saturated rings. The van der Waals surface area contributed by atoms with Crippen LogP contribution in [0.25, 0.3) is 0 Å². The SMILES string of the molecule is CCOC(=O)C(Br)Cc1ccccc1[N+](=O)[O-]. The van der Waals surface area contributed by atoms with Crippen molar-refractivity contribution in [1.82, 2.24) is 0 Å². The van der Waals surface area contributed by atoms with E-state index in [4.69, 9.17) is 4.74 Å². The van der Waals surface area contributed by atoms with Crippen molar-refractivity contribution in [1.29, 1.82) is 0 Å². The van der Waals surface area contributed by atoms with E-state index < -0.39 is 15.7 Å². The van der Waals surface area contributed by atoms with E-state index >= 15 is 0 Å². The van der Waals surface area contributed by atoms with Crippen molar-refractivity contribution in [2.24, 2.45) is 0 Å². The Morgan fingerprint density at radius 3 is 2.76 bits per heavy atom. The van der Waals surface area contributed by atoms with Crippen LogP contribution in [0.3, 0.4) is 0 Å². The summed E-state index contributed by atoms with van der Waals surface area (Å²) >= 11 is 3.17. The molecule has 1 rings (SSSR count). The minimum atomic E-state index is -0.566. The van der Waals surface area contributed by atoms with Gasteiger partial charge in [-0.15, -0.1) is 0 Å². The van der Waals surface area contributed by atoms with Gasteiger partial charge in [-0.3, -0.25) is 14.9 Å². The molecular formula is C11H12BrNO4. The van der Waals surface area contributed by atoms with Crippen molar-refractivity contribution in [3.8, 4) is 0 Å². The average molecular weight is 302 g/mol. The van der Waals surface area contributed by atoms with E-state index in [1.54, 1.807) is 25.1 Å². The zero-order valence-corrected chi connectivity index (χ0v) is 10.8. The van der Waals surface area contributed by atoms with Gasteiger partial charge in [0, 0.05) is 18.1 Å². The van der Waals surface area contributed by atoms with Crippen molar-refractivity contribution in [2.75, 3.05) is 6.61 Å². The first-order chi connectivity index (χ1) is 8.06. The Morgan fingerprint density at radius 2 is 2.18 bits per heavy atom. The van der Waals surface area contributed by atoms with Gasteiger partial charge in [-0.2, -0.15) is 0 Å². The third-order valence-corrected chi connectivity index (χ3v) is 2.83. The van der Waals surface area contributed by atoms with Crippen molar-refractivity contribution in [3.63, 3.8) is 0 Å². The van der Waals surface area contributed by atoms with Gasteiger partial charge in [0.2, 0.25) is 0 Å². The molecular weight excluding hydrogens is 290 g/mol. The molecule has 6 heteroatoms. The molecule has 1 atom stereocenters. The van der Waals surface area contributed by atoms with E-state index in [1.165, 1.54) is 6.07 Å². The van der Waals surface area contributed by atoms with Crippen LogP contribution in [0.1, 0.15) is 12.5 Å². The number of esters is 1. The highest BCUT2D eigenvalue weighted by atomic mass is 79.9. The number of hydrogen-bond donors (Lipinski definition) is 0. The van der Waals surface area contributed by atoms with Crippen molar-refractivity contribution in [2.45, 2.75) is 18.2 Å². The molecule has 0 aromatic heterocycles. The van der Waals surface area contributed by atoms with Gasteiger partial charge in [0.25, 0.3) is 5.69 Å². The van der Waals surface area contributed by atoms with E-state index in [9.17, 15) is 14.9 Å². The van der Waals surface area contributed by atoms with Crippen LogP contribution in [0.15, 0.2) is 24.3 Å². The standard InChI is InChI=1S/C11H12BrNO4/c1-2-17-11(14)9(12)7-8-5-3-4-6-10(8)13(15)16/h3-6,9H,2,7H2,1H3. The first-order valence-corrected chi connectivity index (χ1v) is 6.00. The third-order valence-electron chi connectivity index (χ3n) is 2.13. The van der Waals surface area contributed by atoms with E-state index in [1.807, 2.05) is 0 Å². The second-order valence-corrected chi connectivity index (χ2v) is 4.41. The topological polar surface area (TPSA) is 69.4 Å². The maximum Gasteiger partial charge on any atom is 0.320 e. The first-order valence-electron chi connectivity index (χ1n) is 5.09. The Morgan fingerprint density at radius 1 is 1.53 bits per heavy atom. The Bertz CT molecular complexity index is 422. The number of hydrogen-bond acceptors (Lipinski definition) is 4. The summed E-state index contributed by atoms with van der Waals surface area (Å²) in [6, 6.07) is 6.34. The monoisotopic (exact) mass is 301 g/mol. The molecule has 92 valence electrons. The lowest BCUT2D eigenvalue weighted by atomic mass is 10.1. The summed E-state index contributed by atoms with van der Waals surface area (Å²) in [6.45, 7) is 2.00. The van der Waals surface area contributed by atoms with Crippen LogP contribution in [-0.2, 0) is 16.0 Å². The van der Waals surface area contributed by atoms with Crippen molar-refractivity contribution < 1.29 is 14.5 Å². The third kappa shape index (κ3) is 3.81. The zero-order chi connectivity index (χ0) is 12.8. The van der Waals surface area contributed by atoms with Crippen LogP contribution >= 0.6 is 15.9 Å². The molecule has 0 saturated carbocycles. The van der Waals surface area contributed by atoms with E-state index in [0.29, 0.717) is 5.56 Å². The van der Waals surface area contributed by atoms with Gasteiger partial charge >= 0.3 is 5.97 Å². The fraction of sp³-hybridized carbons (Fsp3) is 0.364. The molecule has 0 radical (unpaired) electrons. The highest BCUT2D eigenvalue weighted by molar-refractivity contribution is 9.10. The molecule has 1 aromatic rings. The lowest BCUT2D eigenvalue weighted by Crippen LogP contribution is -2.20. The summed E-state index contributed by atoms with van der Waals surface area (Å²) in [7, 11) is 0. The molecule has 5 nitrogen and oxygen atoms in total. The quantitative estimate of drug-likeness (QED) is 0.362. The summed E-state index contributed by atoms with van der Waals surface area (Å²) in [5.41, 5.74) is 0.522. The molecule has 17 heavy (non-hydrogen) atoms. The lowest BCUT2D eigenvalue weighted by molar-refractivity contribution is -0.385. The fourth-order valence-corrected chi connectivity index (χ4v) is 1.85. The highest BCUT2D eigenvalue weighted by Gasteiger charge is 2.21. The zero-order valence-electron chi connectivity index (χ0n) is 9.26. The number of nitro groups is 1. The van der Waals surface area contributed by atoms with Gasteiger partial charge in [-0.05, 0) is 6.92 Å². The normalized spacial score (nSPS) is 11.9. The molecule has 0 aliphatic rings. The molecule has 0 N–H and O–H groups in total. The molecule has 0 aliphatic carbocycles. The minimum Gasteiger partial charge on any atom is -0.465 e. The van der Waals surface area contributed by atoms with Gasteiger partial charge in [0.05, 0.1) is 11.5 Å². The van der Waals surface area contributed by atoms with Gasteiger partial charge in [-0.25, -0.2) is 0 Å². The predicted molar refractivity (Wildman–Crippen MR) is 66.1 cm³/mol. The molecule has 0 amide bonds. The smallest absolute Gasteiger partial charge is 0.320 e. The van der Waals surface area contributed by atoms with Gasteiger partial charge in [0.15, 0.2) is 0 Å². The number of nitrogens with zero attached hydrogens (tertiary/aromatic N) is 1. The Kier molecular flexibility index (Phi) is 5.09. The average Bonchev–Trinajstić information content (AvgIpc) is 2.29. The number of ether oxygens (including phenoxy) is 1. The van der Waals surface area contributed by atoms with Gasteiger partial charge < -0.3 is 4.74 Å². The number of nitro benzene ring substituents is 1. The van der Waals surface area contributed by atoms with Gasteiger partial charge in [0.1, 0.15) is 4.83 Å². The largest absolute Gasteiger partial charge is 0.465 e. The number of benzene rings is 1. The second kappa shape index (κ2) is 6.34. The number of carbonyl (C=O) groups excluding carboxylic acids is 1. The summed E-state index contributed by atoms with van der Waals surface area (Å²) in [5.74, 6) is -0.411. The van der Waals surface area contributed by atoms with Crippen LogP contribution in [0.2, 0.25) is 0 Å². The Balaban J connectivity index is 2.81. The number of para-hydroxylation sites is 1. The van der Waals surface area contributed by atoms with Crippen LogP contribution in [0.4, 0.5) is 5.69 Å². The van der Waals surface area contributed by atoms with Crippen LogP contribution in [0, 0.1) is 10.1 Å². The molecule has 1 unspecified atom stereocenters. The number of halogens is 1. The summed E-state index contributed by atoms with van der Waals surface area (Å²) in [5, 5.41) is 10.8. The number of carbonyl (C=O) groups is 1. The molecule has 0 aliphatic heterocycles. The lowest BCUT2D eigenvalue weighted by Gasteiger charge is -2.09. The summed E-state index contributed by atoms with van der Waals surface area (Å²) < 4.78 is 4.82. The first kappa shape index (κ1) is 13.6. The van der Waals surface area contributed by atoms with Crippen LogP contribution < -0.4 is 0 Å². The van der Waals surface area contributed by atoms with E-state index in [-0.39, 0.29) is 18.7 Å². The summed E-state index contributed by atoms with van der Waals surface area (Å²) in [4.78, 5) is 21.1. The highest BCUT2D eigenvalue weighted by Crippen LogP contribution is 2.21. The fourth-order valence-electron chi connectivity index (χ4n) is 1.37. The van der Waals surface area contributed by atoms with Crippen molar-refractivity contribution >= 4 is 27.6 Å². The Labute approximate surface area is 107 Å². The molecule has 0 bridgehead atoms. The Hall–Kier alpha value is -1.43. The van der Waals surface area contributed by atoms with Crippen LogP contribution in [-0.4, -0.2) is 22.3 Å². The second-order valence-electron chi connectivity index (χ2n) is 3.31. The van der Waals surface area contributed by atoms with Gasteiger partial charge in [-0.1, -0.05) is 34.1 Å². The van der Waals surface area contributed by atoms with Crippen LogP contribution in [0.5, 0.6) is 0 Å². The molecule has 0 saturated heterocycles. The van der Waals surface area contributed by atoms with E-state index in [0.717, 1.165) is 0 Å². The minimum absolute atomic E-state index is 0.0150. The maximum absolute atomic E-state index is 11.4. The van der Waals surface area contributed by atoms with Crippen molar-refractivity contribution in [3.05, 3.63) is 39.9 Å². The number of alkyl halides is 1. The summed E-state index contributed by atoms with van der Waals surface area (Å²) in [6.07, 6.45) is 0.232. The molecule has 1 aromatic carbocycles. The van der Waals surface area contributed by atoms with E-state index in [2.05, 4.69) is 15.9 Å². The molecule has 0 spiro atoms. The molecule has 0 heterocycles. The predicted octanol–water partition coefficient (Wildman–Crippen LogP) is 2.46. The maximum atomic E-state index is 11.4.